The Bertz CT molecular complexity index is 1380. The molecule has 0 unspecified atom stereocenters. The maximum absolute atomic E-state index is 6.40. The number of thiol groups is 1. The van der Waals surface area contributed by atoms with E-state index in [-0.39, 0.29) is 0 Å². The maximum Gasteiger partial charge on any atom is 0.0412 e. The minimum Gasteiger partial charge on any atom is -0.143 e. The van der Waals surface area contributed by atoms with E-state index < -0.39 is 0 Å². The molecule has 5 rings (SSSR count). The SMILES string of the molecule is Sc1cc(Br)ccc1-c1c(-c2ccccc2)c2ccc(Cl)cc2c2ccccc12. The van der Waals surface area contributed by atoms with Crippen LogP contribution in [0.3, 0.4) is 0 Å². The fraction of sp³-hybridized carbons (Fsp3) is 0. The number of hydrogen-bond acceptors (Lipinski definition) is 1. The molecule has 0 atom stereocenters. The molecule has 0 amide bonds. The fourth-order valence-electron chi connectivity index (χ4n) is 4.06. The average molecular weight is 476 g/mol. The summed E-state index contributed by atoms with van der Waals surface area (Å²) in [6.07, 6.45) is 0. The summed E-state index contributed by atoms with van der Waals surface area (Å²) in [6.45, 7) is 0. The summed E-state index contributed by atoms with van der Waals surface area (Å²) in [4.78, 5) is 0.940. The molecule has 3 heteroatoms. The Balaban J connectivity index is 2.05. The van der Waals surface area contributed by atoms with Crippen molar-refractivity contribution in [3.8, 4) is 22.3 Å². The Labute approximate surface area is 188 Å². The number of hydrogen-bond donors (Lipinski definition) is 1. The van der Waals surface area contributed by atoms with Crippen LogP contribution in [-0.2, 0) is 0 Å². The van der Waals surface area contributed by atoms with Crippen molar-refractivity contribution in [1.29, 1.82) is 0 Å². The van der Waals surface area contributed by atoms with Crippen molar-refractivity contribution < 1.29 is 0 Å². The van der Waals surface area contributed by atoms with E-state index in [1.807, 2.05) is 18.2 Å². The normalized spacial score (nSPS) is 11.3. The molecule has 0 fully saturated rings. The number of fused-ring (bicyclic) bond motifs is 3. The molecule has 0 aliphatic rings. The van der Waals surface area contributed by atoms with Crippen molar-refractivity contribution in [2.75, 3.05) is 0 Å². The molecule has 5 aromatic carbocycles. The van der Waals surface area contributed by atoms with Crippen molar-refractivity contribution >= 4 is 61.7 Å². The molecule has 29 heavy (non-hydrogen) atoms. The molecule has 140 valence electrons. The second-order valence-electron chi connectivity index (χ2n) is 7.01. The summed E-state index contributed by atoms with van der Waals surface area (Å²) in [6, 6.07) is 31.5. The smallest absolute Gasteiger partial charge is 0.0412 e. The van der Waals surface area contributed by atoms with Gasteiger partial charge >= 0.3 is 0 Å². The highest BCUT2D eigenvalue weighted by Crippen LogP contribution is 2.46. The van der Waals surface area contributed by atoms with E-state index in [4.69, 9.17) is 24.2 Å². The first-order valence-electron chi connectivity index (χ1n) is 9.32. The zero-order chi connectivity index (χ0) is 20.0. The molecule has 0 bridgehead atoms. The van der Waals surface area contributed by atoms with Gasteiger partial charge in [0.2, 0.25) is 0 Å². The van der Waals surface area contributed by atoms with Crippen LogP contribution in [-0.4, -0.2) is 0 Å². The maximum atomic E-state index is 6.40. The largest absolute Gasteiger partial charge is 0.143 e. The Morgan fingerprint density at radius 3 is 2.07 bits per heavy atom. The highest BCUT2D eigenvalue weighted by molar-refractivity contribution is 9.10. The van der Waals surface area contributed by atoms with Gasteiger partial charge in [0.15, 0.2) is 0 Å². The minimum atomic E-state index is 0.743. The van der Waals surface area contributed by atoms with Crippen LogP contribution in [0, 0.1) is 0 Å². The zero-order valence-corrected chi connectivity index (χ0v) is 18.6. The van der Waals surface area contributed by atoms with E-state index in [9.17, 15) is 0 Å². The Morgan fingerprint density at radius 2 is 1.31 bits per heavy atom. The molecule has 0 heterocycles. The highest BCUT2D eigenvalue weighted by Gasteiger charge is 2.19. The highest BCUT2D eigenvalue weighted by atomic mass is 79.9. The Kier molecular flexibility index (Phi) is 4.87. The Morgan fingerprint density at radius 1 is 0.621 bits per heavy atom. The van der Waals surface area contributed by atoms with E-state index in [1.165, 1.54) is 32.8 Å². The molecule has 0 nitrogen and oxygen atoms in total. The van der Waals surface area contributed by atoms with Crippen LogP contribution in [0.1, 0.15) is 0 Å². The van der Waals surface area contributed by atoms with Crippen LogP contribution in [0.25, 0.3) is 43.8 Å². The first-order chi connectivity index (χ1) is 14.1. The lowest BCUT2D eigenvalue weighted by molar-refractivity contribution is 1.44. The molecule has 0 aliphatic heterocycles. The summed E-state index contributed by atoms with van der Waals surface area (Å²) in [5, 5.41) is 5.47. The van der Waals surface area contributed by atoms with Gasteiger partial charge in [0, 0.05) is 14.4 Å². The summed E-state index contributed by atoms with van der Waals surface area (Å²) < 4.78 is 1.02. The minimum absolute atomic E-state index is 0.743. The molecule has 0 aromatic heterocycles. The van der Waals surface area contributed by atoms with Crippen molar-refractivity contribution in [3.05, 3.63) is 100 Å². The second-order valence-corrected chi connectivity index (χ2v) is 8.85. The van der Waals surface area contributed by atoms with Gasteiger partial charge in [-0.15, -0.1) is 12.6 Å². The van der Waals surface area contributed by atoms with E-state index >= 15 is 0 Å². The van der Waals surface area contributed by atoms with E-state index in [0.717, 1.165) is 25.3 Å². The van der Waals surface area contributed by atoms with Gasteiger partial charge in [0.25, 0.3) is 0 Å². The second kappa shape index (κ2) is 7.53. The summed E-state index contributed by atoms with van der Waals surface area (Å²) in [7, 11) is 0. The first kappa shape index (κ1) is 18.7. The third kappa shape index (κ3) is 3.26. The standard InChI is InChI=1S/C26H16BrClS/c27-17-10-12-22(24(29)14-17)26-20-9-5-4-8-19(20)23-15-18(28)11-13-21(23)25(26)16-6-2-1-3-7-16/h1-15,29H. The van der Waals surface area contributed by atoms with Crippen LogP contribution in [0.15, 0.2) is 100 Å². The predicted octanol–water partition coefficient (Wildman–Crippen LogP) is 9.03. The number of benzene rings is 5. The molecular weight excluding hydrogens is 460 g/mol. The molecule has 0 aliphatic carbocycles. The molecular formula is C26H16BrClS. The molecule has 0 saturated heterocycles. The van der Waals surface area contributed by atoms with Crippen molar-refractivity contribution in [2.24, 2.45) is 0 Å². The lowest BCUT2D eigenvalue weighted by atomic mass is 9.85. The molecule has 0 saturated carbocycles. The van der Waals surface area contributed by atoms with Gasteiger partial charge in [-0.2, -0.15) is 0 Å². The number of halogens is 2. The third-order valence-electron chi connectivity index (χ3n) is 5.28. The van der Waals surface area contributed by atoms with Crippen LogP contribution >= 0.6 is 40.2 Å². The van der Waals surface area contributed by atoms with Crippen LogP contribution in [0.4, 0.5) is 0 Å². The molecule has 0 N–H and O–H groups in total. The summed E-state index contributed by atoms with van der Waals surface area (Å²) in [5.74, 6) is 0. The lowest BCUT2D eigenvalue weighted by Crippen LogP contribution is -1.92. The van der Waals surface area contributed by atoms with Gasteiger partial charge in [0.05, 0.1) is 0 Å². The van der Waals surface area contributed by atoms with Crippen molar-refractivity contribution in [3.63, 3.8) is 0 Å². The predicted molar refractivity (Wildman–Crippen MR) is 132 cm³/mol. The number of rotatable bonds is 2. The van der Waals surface area contributed by atoms with Crippen LogP contribution in [0.2, 0.25) is 5.02 Å². The lowest BCUT2D eigenvalue weighted by Gasteiger charge is -2.19. The quantitative estimate of drug-likeness (QED) is 0.191. The third-order valence-corrected chi connectivity index (χ3v) is 6.38. The molecule has 5 aromatic rings. The molecule has 0 radical (unpaired) electrons. The van der Waals surface area contributed by atoms with Gasteiger partial charge in [-0.3, -0.25) is 0 Å². The Hall–Kier alpha value is -2.26. The topological polar surface area (TPSA) is 0 Å². The zero-order valence-electron chi connectivity index (χ0n) is 15.4. The molecule has 0 spiro atoms. The van der Waals surface area contributed by atoms with Gasteiger partial charge < -0.3 is 0 Å². The van der Waals surface area contributed by atoms with E-state index in [1.54, 1.807) is 0 Å². The van der Waals surface area contributed by atoms with Gasteiger partial charge in [-0.1, -0.05) is 94.3 Å². The van der Waals surface area contributed by atoms with Gasteiger partial charge in [-0.25, -0.2) is 0 Å². The average Bonchev–Trinajstić information content (AvgIpc) is 2.74. The van der Waals surface area contributed by atoms with E-state index in [0.29, 0.717) is 0 Å². The van der Waals surface area contributed by atoms with Crippen LogP contribution in [0.5, 0.6) is 0 Å². The van der Waals surface area contributed by atoms with Gasteiger partial charge in [-0.05, 0) is 68.1 Å². The van der Waals surface area contributed by atoms with Crippen molar-refractivity contribution in [2.45, 2.75) is 4.90 Å². The first-order valence-corrected chi connectivity index (χ1v) is 10.9. The summed E-state index contributed by atoms with van der Waals surface area (Å²) in [5.41, 5.74) is 4.69. The van der Waals surface area contributed by atoms with Crippen LogP contribution < -0.4 is 0 Å². The van der Waals surface area contributed by atoms with Gasteiger partial charge in [0.1, 0.15) is 0 Å². The fourth-order valence-corrected chi connectivity index (χ4v) is 5.10. The van der Waals surface area contributed by atoms with E-state index in [2.05, 4.69) is 88.7 Å². The summed E-state index contributed by atoms with van der Waals surface area (Å²) >= 11 is 14.8. The monoisotopic (exact) mass is 474 g/mol. The van der Waals surface area contributed by atoms with Crippen molar-refractivity contribution in [1.82, 2.24) is 0 Å².